The van der Waals surface area contributed by atoms with Crippen molar-refractivity contribution in [2.24, 2.45) is 0 Å². The fourth-order valence-corrected chi connectivity index (χ4v) is 3.87. The van der Waals surface area contributed by atoms with E-state index >= 15 is 0 Å². The molecule has 0 N–H and O–H groups in total. The molecule has 1 aliphatic heterocycles. The maximum atomic E-state index is 13.3. The van der Waals surface area contributed by atoms with Crippen molar-refractivity contribution in [1.29, 1.82) is 5.26 Å². The molecule has 0 radical (unpaired) electrons. The van der Waals surface area contributed by atoms with E-state index in [1.54, 1.807) is 6.07 Å². The number of hydrogen-bond acceptors (Lipinski definition) is 4. The van der Waals surface area contributed by atoms with E-state index in [1.807, 2.05) is 6.92 Å². The number of halogens is 1. The molecule has 7 heteroatoms. The van der Waals surface area contributed by atoms with Crippen LogP contribution in [-0.2, 0) is 14.8 Å². The summed E-state index contributed by atoms with van der Waals surface area (Å²) >= 11 is 0. The quantitative estimate of drug-likeness (QED) is 0.851. The number of sulfonamides is 1. The van der Waals surface area contributed by atoms with Crippen molar-refractivity contribution >= 4 is 10.0 Å². The second kappa shape index (κ2) is 6.52. The Balaban J connectivity index is 2.18. The van der Waals surface area contributed by atoms with Crippen molar-refractivity contribution < 1.29 is 17.5 Å². The minimum Gasteiger partial charge on any atom is -0.378 e. The molecule has 1 saturated heterocycles. The third-order valence-corrected chi connectivity index (χ3v) is 5.39. The van der Waals surface area contributed by atoms with Crippen LogP contribution in [0, 0.1) is 17.1 Å². The molecule has 0 aliphatic carbocycles. The van der Waals surface area contributed by atoms with E-state index in [0.29, 0.717) is 32.5 Å². The molecule has 1 aromatic carbocycles. The molecular formula is C14H17FN2O3S. The van der Waals surface area contributed by atoms with Gasteiger partial charge in [0.15, 0.2) is 0 Å². The topological polar surface area (TPSA) is 70.4 Å². The van der Waals surface area contributed by atoms with Crippen LogP contribution in [0.3, 0.4) is 0 Å². The number of rotatable bonds is 4. The number of piperidine rings is 1. The Bertz CT molecular complexity index is 647. The molecule has 0 saturated carbocycles. The molecule has 21 heavy (non-hydrogen) atoms. The van der Waals surface area contributed by atoms with Gasteiger partial charge in [0.05, 0.1) is 16.6 Å². The number of ether oxygens (including phenoxy) is 1. The predicted octanol–water partition coefficient (Wildman–Crippen LogP) is 1.89. The Morgan fingerprint density at radius 3 is 2.67 bits per heavy atom. The van der Waals surface area contributed by atoms with E-state index in [1.165, 1.54) is 10.4 Å². The van der Waals surface area contributed by atoms with Gasteiger partial charge in [-0.05, 0) is 38.0 Å². The van der Waals surface area contributed by atoms with Crippen LogP contribution >= 0.6 is 0 Å². The molecule has 0 unspecified atom stereocenters. The van der Waals surface area contributed by atoms with E-state index in [2.05, 4.69) is 0 Å². The fourth-order valence-electron chi connectivity index (χ4n) is 2.37. The van der Waals surface area contributed by atoms with Crippen LogP contribution in [-0.4, -0.2) is 38.5 Å². The summed E-state index contributed by atoms with van der Waals surface area (Å²) in [6.45, 7) is 3.25. The van der Waals surface area contributed by atoms with Gasteiger partial charge in [-0.3, -0.25) is 0 Å². The third kappa shape index (κ3) is 3.40. The second-order valence-corrected chi connectivity index (χ2v) is 6.75. The number of benzene rings is 1. The molecule has 0 bridgehead atoms. The monoisotopic (exact) mass is 312 g/mol. The highest BCUT2D eigenvalue weighted by Crippen LogP contribution is 2.23. The smallest absolute Gasteiger partial charge is 0.243 e. The van der Waals surface area contributed by atoms with Gasteiger partial charge >= 0.3 is 0 Å². The first kappa shape index (κ1) is 15.9. The van der Waals surface area contributed by atoms with Crippen LogP contribution < -0.4 is 0 Å². The van der Waals surface area contributed by atoms with Gasteiger partial charge in [0.1, 0.15) is 11.9 Å². The summed E-state index contributed by atoms with van der Waals surface area (Å²) in [7, 11) is -3.69. The Morgan fingerprint density at radius 2 is 2.10 bits per heavy atom. The highest BCUT2D eigenvalue weighted by Gasteiger charge is 2.30. The van der Waals surface area contributed by atoms with E-state index < -0.39 is 15.8 Å². The van der Waals surface area contributed by atoms with Gasteiger partial charge in [-0.1, -0.05) is 0 Å². The number of nitrogens with zero attached hydrogens (tertiary/aromatic N) is 2. The molecule has 1 aromatic rings. The van der Waals surface area contributed by atoms with E-state index in [-0.39, 0.29) is 16.6 Å². The lowest BCUT2D eigenvalue weighted by atomic mass is 10.1. The summed E-state index contributed by atoms with van der Waals surface area (Å²) in [6.07, 6.45) is 1.36. The standard InChI is InChI=1S/C14H17FN2O3S/c1-2-20-12-5-7-17(8-6-12)21(18,19)13-3-4-14(15)11(9-13)10-16/h3-4,9,12H,2,5-8H2,1H3. The molecular weight excluding hydrogens is 295 g/mol. The van der Waals surface area contributed by atoms with Gasteiger partial charge < -0.3 is 4.74 Å². The van der Waals surface area contributed by atoms with Gasteiger partial charge in [0.2, 0.25) is 10.0 Å². The van der Waals surface area contributed by atoms with Gasteiger partial charge in [-0.2, -0.15) is 9.57 Å². The SMILES string of the molecule is CCOC1CCN(S(=O)(=O)c2ccc(F)c(C#N)c2)CC1. The maximum absolute atomic E-state index is 13.3. The lowest BCUT2D eigenvalue weighted by Crippen LogP contribution is -2.40. The minimum atomic E-state index is -3.69. The van der Waals surface area contributed by atoms with Gasteiger partial charge in [-0.15, -0.1) is 0 Å². The lowest BCUT2D eigenvalue weighted by Gasteiger charge is -2.31. The van der Waals surface area contributed by atoms with Crippen molar-refractivity contribution in [3.63, 3.8) is 0 Å². The highest BCUT2D eigenvalue weighted by atomic mass is 32.2. The summed E-state index contributed by atoms with van der Waals surface area (Å²) in [6, 6.07) is 4.95. The molecule has 114 valence electrons. The van der Waals surface area contributed by atoms with Gasteiger partial charge in [0.25, 0.3) is 0 Å². The zero-order chi connectivity index (χ0) is 15.5. The van der Waals surface area contributed by atoms with Gasteiger partial charge in [0, 0.05) is 19.7 Å². The number of nitriles is 1. The maximum Gasteiger partial charge on any atom is 0.243 e. The molecule has 1 aliphatic rings. The van der Waals surface area contributed by atoms with E-state index in [0.717, 1.165) is 12.1 Å². The van der Waals surface area contributed by atoms with Crippen molar-refractivity contribution in [1.82, 2.24) is 4.31 Å². The van der Waals surface area contributed by atoms with Crippen LogP contribution in [0.2, 0.25) is 0 Å². The highest BCUT2D eigenvalue weighted by molar-refractivity contribution is 7.89. The van der Waals surface area contributed by atoms with E-state index in [9.17, 15) is 12.8 Å². The Labute approximate surface area is 124 Å². The van der Waals surface area contributed by atoms with Crippen LogP contribution in [0.4, 0.5) is 4.39 Å². The van der Waals surface area contributed by atoms with Crippen LogP contribution in [0.25, 0.3) is 0 Å². The molecule has 1 heterocycles. The molecule has 2 rings (SSSR count). The minimum absolute atomic E-state index is 0.0460. The van der Waals surface area contributed by atoms with Crippen LogP contribution in [0.1, 0.15) is 25.3 Å². The van der Waals surface area contributed by atoms with Crippen molar-refractivity contribution in [2.75, 3.05) is 19.7 Å². The average molecular weight is 312 g/mol. The summed E-state index contributed by atoms with van der Waals surface area (Å²) in [5.74, 6) is -0.716. The Kier molecular flexibility index (Phi) is 4.93. The molecule has 0 spiro atoms. The van der Waals surface area contributed by atoms with Crippen molar-refractivity contribution in [3.05, 3.63) is 29.6 Å². The third-order valence-electron chi connectivity index (χ3n) is 3.50. The normalized spacial score (nSPS) is 17.6. The zero-order valence-electron chi connectivity index (χ0n) is 11.8. The Morgan fingerprint density at radius 1 is 1.43 bits per heavy atom. The Hall–Kier alpha value is -1.49. The lowest BCUT2D eigenvalue weighted by molar-refractivity contribution is 0.0290. The summed E-state index contributed by atoms with van der Waals surface area (Å²) in [5, 5.41) is 8.80. The first-order valence-corrected chi connectivity index (χ1v) is 8.24. The number of hydrogen-bond donors (Lipinski definition) is 0. The molecule has 0 amide bonds. The average Bonchev–Trinajstić information content (AvgIpc) is 2.48. The van der Waals surface area contributed by atoms with Crippen molar-refractivity contribution in [3.8, 4) is 6.07 Å². The zero-order valence-corrected chi connectivity index (χ0v) is 12.6. The summed E-state index contributed by atoms with van der Waals surface area (Å²) in [4.78, 5) is -0.0460. The summed E-state index contributed by atoms with van der Waals surface area (Å²) < 4.78 is 45.1. The summed E-state index contributed by atoms with van der Waals surface area (Å²) in [5.41, 5.74) is -0.264. The fraction of sp³-hybridized carbons (Fsp3) is 0.500. The van der Waals surface area contributed by atoms with Crippen LogP contribution in [0.5, 0.6) is 0 Å². The van der Waals surface area contributed by atoms with E-state index in [4.69, 9.17) is 10.00 Å². The second-order valence-electron chi connectivity index (χ2n) is 4.81. The molecule has 0 atom stereocenters. The first-order chi connectivity index (χ1) is 9.98. The predicted molar refractivity (Wildman–Crippen MR) is 74.5 cm³/mol. The molecule has 1 fully saturated rings. The first-order valence-electron chi connectivity index (χ1n) is 6.80. The molecule has 5 nitrogen and oxygen atoms in total. The van der Waals surface area contributed by atoms with Gasteiger partial charge in [-0.25, -0.2) is 12.8 Å². The largest absolute Gasteiger partial charge is 0.378 e. The van der Waals surface area contributed by atoms with Crippen molar-refractivity contribution in [2.45, 2.75) is 30.8 Å². The molecule has 0 aromatic heterocycles. The van der Waals surface area contributed by atoms with Crippen LogP contribution in [0.15, 0.2) is 23.1 Å².